The summed E-state index contributed by atoms with van der Waals surface area (Å²) in [5, 5.41) is 4.65. The second kappa shape index (κ2) is 8.47. The Bertz CT molecular complexity index is 1330. The summed E-state index contributed by atoms with van der Waals surface area (Å²) in [6, 6.07) is 18.1. The summed E-state index contributed by atoms with van der Waals surface area (Å²) in [7, 11) is 1.76. The minimum absolute atomic E-state index is 0.00211. The summed E-state index contributed by atoms with van der Waals surface area (Å²) in [5.74, 6) is 0. The lowest BCUT2D eigenvalue weighted by atomic mass is 9.94. The number of aromatic nitrogens is 3. The summed E-state index contributed by atoms with van der Waals surface area (Å²) in [5.41, 5.74) is 5.26. The maximum absolute atomic E-state index is 12.1. The van der Waals surface area contributed by atoms with Crippen molar-refractivity contribution < 1.29 is 4.74 Å². The molecular weight excluding hydrogens is 424 g/mol. The van der Waals surface area contributed by atoms with Gasteiger partial charge in [0, 0.05) is 30.7 Å². The first kappa shape index (κ1) is 20.8. The third-order valence-corrected chi connectivity index (χ3v) is 6.06. The molecule has 5 rings (SSSR count). The van der Waals surface area contributed by atoms with Gasteiger partial charge in [0.1, 0.15) is 6.10 Å². The van der Waals surface area contributed by atoms with E-state index in [1.165, 1.54) is 0 Å². The topological polar surface area (TPSA) is 69.0 Å². The van der Waals surface area contributed by atoms with Crippen molar-refractivity contribution in [3.05, 3.63) is 93.3 Å². The lowest BCUT2D eigenvalue weighted by molar-refractivity contribution is -0.00797. The smallest absolute Gasteiger partial charge is 0.253 e. The fourth-order valence-electron chi connectivity index (χ4n) is 4.35. The van der Waals surface area contributed by atoms with Gasteiger partial charge in [0.2, 0.25) is 5.28 Å². The maximum Gasteiger partial charge on any atom is 0.253 e. The van der Waals surface area contributed by atoms with Gasteiger partial charge < -0.3 is 14.6 Å². The summed E-state index contributed by atoms with van der Waals surface area (Å²) in [4.78, 5) is 21.2. The maximum atomic E-state index is 12.1. The van der Waals surface area contributed by atoms with Gasteiger partial charge in [-0.3, -0.25) is 4.79 Å². The van der Waals surface area contributed by atoms with Crippen LogP contribution in [0.5, 0.6) is 0 Å². The van der Waals surface area contributed by atoms with E-state index in [2.05, 4.69) is 33.5 Å². The highest BCUT2D eigenvalue weighted by Crippen LogP contribution is 2.37. The second-order valence-corrected chi connectivity index (χ2v) is 8.41. The van der Waals surface area contributed by atoms with Crippen LogP contribution in [0.1, 0.15) is 29.0 Å². The third-order valence-electron chi connectivity index (χ3n) is 5.89. The molecule has 7 heteroatoms. The van der Waals surface area contributed by atoms with Crippen LogP contribution in [-0.2, 0) is 11.8 Å². The van der Waals surface area contributed by atoms with Crippen LogP contribution in [0.25, 0.3) is 22.0 Å². The first-order valence-corrected chi connectivity index (χ1v) is 10.9. The van der Waals surface area contributed by atoms with Crippen LogP contribution >= 0.6 is 11.6 Å². The molecule has 1 N–H and O–H groups in total. The Morgan fingerprint density at radius 3 is 2.69 bits per heavy atom. The number of benzene rings is 2. The summed E-state index contributed by atoms with van der Waals surface area (Å²) in [6.45, 7) is 3.17. The fraction of sp³-hybridized carbons (Fsp3) is 0.240. The molecule has 2 aromatic carbocycles. The van der Waals surface area contributed by atoms with Gasteiger partial charge in [-0.05, 0) is 53.4 Å². The number of ether oxygens (including phenoxy) is 1. The van der Waals surface area contributed by atoms with Crippen molar-refractivity contribution in [2.75, 3.05) is 13.2 Å². The number of halogens is 1. The van der Waals surface area contributed by atoms with Gasteiger partial charge in [-0.25, -0.2) is 9.97 Å². The predicted molar refractivity (Wildman–Crippen MR) is 126 cm³/mol. The molecule has 2 atom stereocenters. The quantitative estimate of drug-likeness (QED) is 0.473. The van der Waals surface area contributed by atoms with Gasteiger partial charge in [-0.15, -0.1) is 0 Å². The zero-order valence-electron chi connectivity index (χ0n) is 17.9. The van der Waals surface area contributed by atoms with Crippen molar-refractivity contribution in [2.45, 2.75) is 19.1 Å². The molecule has 1 saturated heterocycles. The Balaban J connectivity index is 1.67. The molecule has 3 heterocycles. The zero-order valence-corrected chi connectivity index (χ0v) is 18.6. The molecule has 2 aromatic heterocycles. The molecule has 0 radical (unpaired) electrons. The summed E-state index contributed by atoms with van der Waals surface area (Å²) in [6.07, 6.45) is 1.53. The van der Waals surface area contributed by atoms with E-state index in [4.69, 9.17) is 16.3 Å². The molecule has 0 aliphatic carbocycles. The first-order chi connectivity index (χ1) is 15.5. The van der Waals surface area contributed by atoms with Crippen molar-refractivity contribution in [3.8, 4) is 11.1 Å². The van der Waals surface area contributed by atoms with E-state index in [1.54, 1.807) is 11.6 Å². The minimum atomic E-state index is -0.314. The highest BCUT2D eigenvalue weighted by atomic mass is 35.5. The first-order valence-electron chi connectivity index (χ1n) is 10.6. The van der Waals surface area contributed by atoms with E-state index < -0.39 is 0 Å². The number of pyridine rings is 1. The molecule has 1 fully saturated rings. The van der Waals surface area contributed by atoms with E-state index >= 15 is 0 Å². The normalized spacial score (nSPS) is 18.7. The van der Waals surface area contributed by atoms with Crippen molar-refractivity contribution >= 4 is 22.5 Å². The summed E-state index contributed by atoms with van der Waals surface area (Å²) >= 11 is 6.32. The molecule has 32 heavy (non-hydrogen) atoms. The van der Waals surface area contributed by atoms with Crippen LogP contribution in [0.3, 0.4) is 0 Å². The molecule has 0 saturated carbocycles. The largest absolute Gasteiger partial charge is 0.369 e. The number of fused-ring (bicyclic) bond motifs is 1. The van der Waals surface area contributed by atoms with Crippen molar-refractivity contribution in [3.63, 3.8) is 0 Å². The average Bonchev–Trinajstić information content (AvgIpc) is 2.82. The molecule has 0 bridgehead atoms. The summed E-state index contributed by atoms with van der Waals surface area (Å²) < 4.78 is 7.84. The number of rotatable bonds is 3. The lowest BCUT2D eigenvalue weighted by Crippen LogP contribution is -2.37. The van der Waals surface area contributed by atoms with E-state index in [1.807, 2.05) is 49.5 Å². The number of nitrogens with one attached hydrogen (secondary N) is 1. The van der Waals surface area contributed by atoms with Crippen molar-refractivity contribution in [2.24, 2.45) is 7.05 Å². The van der Waals surface area contributed by atoms with E-state index in [0.717, 1.165) is 39.8 Å². The van der Waals surface area contributed by atoms with Gasteiger partial charge in [0.05, 0.1) is 23.9 Å². The van der Waals surface area contributed by atoms with E-state index in [0.29, 0.717) is 12.2 Å². The Morgan fingerprint density at radius 1 is 1.09 bits per heavy atom. The van der Waals surface area contributed by atoms with E-state index in [9.17, 15) is 4.79 Å². The van der Waals surface area contributed by atoms with Gasteiger partial charge in [0.15, 0.2) is 0 Å². The number of nitrogens with zero attached hydrogens (tertiary/aromatic N) is 3. The van der Waals surface area contributed by atoms with Gasteiger partial charge >= 0.3 is 0 Å². The fourth-order valence-corrected chi connectivity index (χ4v) is 4.53. The van der Waals surface area contributed by atoms with Gasteiger partial charge in [0.25, 0.3) is 5.56 Å². The Hall–Kier alpha value is -3.06. The molecule has 1 aliphatic heterocycles. The van der Waals surface area contributed by atoms with Crippen LogP contribution in [-0.4, -0.2) is 27.7 Å². The molecular formula is C25H23ClN4O2. The minimum Gasteiger partial charge on any atom is -0.369 e. The zero-order chi connectivity index (χ0) is 22.2. The molecule has 162 valence electrons. The highest BCUT2D eigenvalue weighted by molar-refractivity contribution is 6.28. The number of hydrogen-bond donors (Lipinski definition) is 1. The lowest BCUT2D eigenvalue weighted by Gasteiger charge is -2.33. The number of aryl methyl sites for hydroxylation is 2. The molecule has 4 aromatic rings. The van der Waals surface area contributed by atoms with Gasteiger partial charge in [-0.1, -0.05) is 36.4 Å². The number of hydrogen-bond acceptors (Lipinski definition) is 5. The van der Waals surface area contributed by atoms with Crippen LogP contribution in [0.4, 0.5) is 0 Å². The molecule has 0 spiro atoms. The standard InChI is InChI=1S/C25H23ClN4O2/c1-15-12-18(14-30(2)24(15)31)17-8-9-20-19(13-17)22(29-25(26)28-20)23-21(27-10-11-32-23)16-6-4-3-5-7-16/h3-9,12-14,21,23,27H,10-11H2,1-2H3/t21?,23-/m0/s1. The Kier molecular flexibility index (Phi) is 5.51. The molecule has 1 unspecified atom stereocenters. The highest BCUT2D eigenvalue weighted by Gasteiger charge is 2.31. The molecule has 0 amide bonds. The Labute approximate surface area is 190 Å². The SMILES string of the molecule is Cc1cc(-c2ccc3nc(Cl)nc([C@H]4OCCNC4c4ccccc4)c3c2)cn(C)c1=O. The average molecular weight is 447 g/mol. The third kappa shape index (κ3) is 3.81. The van der Waals surface area contributed by atoms with E-state index in [-0.39, 0.29) is 23.0 Å². The predicted octanol–water partition coefficient (Wildman–Crippen LogP) is 4.36. The second-order valence-electron chi connectivity index (χ2n) is 8.07. The van der Waals surface area contributed by atoms with Crippen LogP contribution < -0.4 is 10.9 Å². The molecule has 6 nitrogen and oxygen atoms in total. The van der Waals surface area contributed by atoms with Crippen LogP contribution in [0, 0.1) is 6.92 Å². The van der Waals surface area contributed by atoms with Crippen molar-refractivity contribution in [1.82, 2.24) is 19.9 Å². The van der Waals surface area contributed by atoms with Crippen molar-refractivity contribution in [1.29, 1.82) is 0 Å². The van der Waals surface area contributed by atoms with Crippen LogP contribution in [0.15, 0.2) is 65.6 Å². The monoisotopic (exact) mass is 446 g/mol. The number of morpholine rings is 1. The van der Waals surface area contributed by atoms with Gasteiger partial charge in [-0.2, -0.15) is 0 Å². The Morgan fingerprint density at radius 2 is 1.91 bits per heavy atom. The van der Waals surface area contributed by atoms with Crippen LogP contribution in [0.2, 0.25) is 5.28 Å². The molecule has 1 aliphatic rings.